The number of aromatic nitrogens is 3. The van der Waals surface area contributed by atoms with Crippen molar-refractivity contribution in [3.63, 3.8) is 0 Å². The van der Waals surface area contributed by atoms with Gasteiger partial charge in [-0.25, -0.2) is 9.48 Å². The summed E-state index contributed by atoms with van der Waals surface area (Å²) in [5.74, 6) is -0.509. The van der Waals surface area contributed by atoms with Crippen molar-refractivity contribution in [2.75, 3.05) is 20.3 Å². The van der Waals surface area contributed by atoms with Gasteiger partial charge in [0.15, 0.2) is 5.43 Å². The third kappa shape index (κ3) is 4.43. The molecule has 3 aromatic rings. The fourth-order valence-electron chi connectivity index (χ4n) is 4.32. The van der Waals surface area contributed by atoms with Crippen molar-refractivity contribution < 1.29 is 19.4 Å². The summed E-state index contributed by atoms with van der Waals surface area (Å²) in [5.41, 5.74) is 2.49. The lowest BCUT2D eigenvalue weighted by atomic mass is 9.78. The van der Waals surface area contributed by atoms with Gasteiger partial charge in [-0.05, 0) is 35.6 Å². The van der Waals surface area contributed by atoms with Gasteiger partial charge >= 0.3 is 5.97 Å². The second-order valence-corrected chi connectivity index (χ2v) is 9.36. The van der Waals surface area contributed by atoms with E-state index in [1.165, 1.54) is 12.3 Å². The minimum atomic E-state index is -1.22. The van der Waals surface area contributed by atoms with Gasteiger partial charge in [0, 0.05) is 56.4 Å². The Kier molecular flexibility index (Phi) is 6.12. The third-order valence-corrected chi connectivity index (χ3v) is 6.02. The van der Waals surface area contributed by atoms with Crippen LogP contribution in [0.1, 0.15) is 49.2 Å². The van der Waals surface area contributed by atoms with Crippen LogP contribution in [0.15, 0.2) is 47.7 Å². The van der Waals surface area contributed by atoms with E-state index < -0.39 is 11.4 Å². The van der Waals surface area contributed by atoms with Gasteiger partial charge in [0.1, 0.15) is 17.0 Å². The minimum absolute atomic E-state index is 0.0319. The highest BCUT2D eigenvalue weighted by Gasteiger charge is 2.34. The number of nitrogens with zero attached hydrogens (tertiary/aromatic N) is 3. The molecule has 4 rings (SSSR count). The largest absolute Gasteiger partial charge is 0.491 e. The van der Waals surface area contributed by atoms with E-state index in [0.717, 1.165) is 23.2 Å². The first-order valence-corrected chi connectivity index (χ1v) is 11.0. The number of hydrogen-bond donors (Lipinski definition) is 1. The second kappa shape index (κ2) is 8.86. The molecule has 0 aliphatic carbocycles. The maximum Gasteiger partial charge on any atom is 0.341 e. The smallest absolute Gasteiger partial charge is 0.341 e. The van der Waals surface area contributed by atoms with E-state index in [1.54, 1.807) is 18.0 Å². The summed E-state index contributed by atoms with van der Waals surface area (Å²) in [4.78, 5) is 24.3. The van der Waals surface area contributed by atoms with E-state index in [-0.39, 0.29) is 17.0 Å². The molecule has 3 heterocycles. The van der Waals surface area contributed by atoms with Crippen molar-refractivity contribution in [1.82, 2.24) is 14.3 Å². The summed E-state index contributed by atoms with van der Waals surface area (Å²) < 4.78 is 14.9. The minimum Gasteiger partial charge on any atom is -0.491 e. The Labute approximate surface area is 192 Å². The van der Waals surface area contributed by atoms with Crippen molar-refractivity contribution in [2.24, 2.45) is 5.41 Å². The van der Waals surface area contributed by atoms with Crippen LogP contribution < -0.4 is 10.2 Å². The predicted octanol–water partition coefficient (Wildman–Crippen LogP) is 3.96. The molecule has 0 bridgehead atoms. The molecule has 0 amide bonds. The van der Waals surface area contributed by atoms with Crippen molar-refractivity contribution in [2.45, 2.75) is 39.7 Å². The van der Waals surface area contributed by atoms with E-state index in [2.05, 4.69) is 25.9 Å². The number of aromatic carboxylic acids is 1. The monoisotopic (exact) mass is 451 g/mol. The molecule has 1 atom stereocenters. The lowest BCUT2D eigenvalue weighted by molar-refractivity contribution is 0.0693. The highest BCUT2D eigenvalue weighted by atomic mass is 16.5. The lowest BCUT2D eigenvalue weighted by Gasteiger charge is -2.39. The quantitative estimate of drug-likeness (QED) is 0.547. The van der Waals surface area contributed by atoms with Crippen LogP contribution in [0.3, 0.4) is 0 Å². The summed E-state index contributed by atoms with van der Waals surface area (Å²) in [6, 6.07) is 7.24. The standard InChI is InChI=1S/C25H29N3O5/c1-25(2,3)23-12-16-11-22(33-10-6-9-32-4)20(28-8-5-7-26-28)13-17(16)19-14-21(29)18(24(30)31)15-27(19)23/h5,7-8,11,13-15,23H,6,9-10,12H2,1-4H3,(H,30,31). The summed E-state index contributed by atoms with van der Waals surface area (Å²) in [6.07, 6.45) is 6.46. The molecule has 0 saturated heterocycles. The first-order valence-electron chi connectivity index (χ1n) is 11.0. The Morgan fingerprint density at radius 3 is 2.67 bits per heavy atom. The fourth-order valence-corrected chi connectivity index (χ4v) is 4.32. The number of benzene rings is 1. The van der Waals surface area contributed by atoms with Crippen molar-refractivity contribution in [3.05, 3.63) is 64.2 Å². The van der Waals surface area contributed by atoms with Crippen LogP contribution in [-0.4, -0.2) is 45.7 Å². The van der Waals surface area contributed by atoms with E-state index in [4.69, 9.17) is 9.47 Å². The number of hydrogen-bond acceptors (Lipinski definition) is 5. The molecule has 2 aromatic heterocycles. The Hall–Kier alpha value is -3.39. The van der Waals surface area contributed by atoms with Crippen LogP contribution in [0.5, 0.6) is 5.75 Å². The lowest BCUT2D eigenvalue weighted by Crippen LogP contribution is -2.33. The number of carboxylic acid groups (broad SMARTS) is 1. The highest BCUT2D eigenvalue weighted by molar-refractivity contribution is 5.88. The van der Waals surface area contributed by atoms with Crippen LogP contribution in [0.25, 0.3) is 16.9 Å². The number of carbonyl (C=O) groups is 1. The third-order valence-electron chi connectivity index (χ3n) is 6.02. The molecule has 0 saturated carbocycles. The van der Waals surface area contributed by atoms with Gasteiger partial charge in [0.2, 0.25) is 0 Å². The summed E-state index contributed by atoms with van der Waals surface area (Å²) in [7, 11) is 1.66. The SMILES string of the molecule is COCCCOc1cc2c(cc1-n1cccn1)-c1cc(=O)c(C(=O)O)cn1C(C(C)(C)C)C2. The zero-order chi connectivity index (χ0) is 23.8. The fraction of sp³-hybridized carbons (Fsp3) is 0.400. The molecular weight excluding hydrogens is 422 g/mol. The van der Waals surface area contributed by atoms with Crippen molar-refractivity contribution in [3.8, 4) is 22.7 Å². The number of fused-ring (bicyclic) bond motifs is 3. The van der Waals surface area contributed by atoms with Crippen LogP contribution in [-0.2, 0) is 11.2 Å². The zero-order valence-corrected chi connectivity index (χ0v) is 19.4. The molecule has 1 N–H and O–H groups in total. The van der Waals surface area contributed by atoms with E-state index in [1.807, 2.05) is 29.0 Å². The zero-order valence-electron chi connectivity index (χ0n) is 19.4. The molecule has 0 spiro atoms. The van der Waals surface area contributed by atoms with Gasteiger partial charge in [-0.1, -0.05) is 20.8 Å². The average Bonchev–Trinajstić information content (AvgIpc) is 3.29. The molecule has 0 radical (unpaired) electrons. The molecule has 0 fully saturated rings. The number of ether oxygens (including phenoxy) is 2. The molecule has 1 aliphatic heterocycles. The average molecular weight is 452 g/mol. The Bertz CT molecular complexity index is 1220. The number of pyridine rings is 1. The van der Waals surface area contributed by atoms with Gasteiger partial charge in [0.25, 0.3) is 0 Å². The van der Waals surface area contributed by atoms with Gasteiger partial charge in [-0.3, -0.25) is 4.79 Å². The van der Waals surface area contributed by atoms with Crippen LogP contribution in [0.4, 0.5) is 0 Å². The number of rotatable bonds is 7. The molecule has 174 valence electrons. The van der Waals surface area contributed by atoms with Gasteiger partial charge in [-0.2, -0.15) is 5.10 Å². The van der Waals surface area contributed by atoms with Gasteiger partial charge < -0.3 is 19.1 Å². The maximum absolute atomic E-state index is 12.6. The van der Waals surface area contributed by atoms with Crippen LogP contribution in [0, 0.1) is 5.41 Å². The Balaban J connectivity index is 1.90. The molecular formula is C25H29N3O5. The van der Waals surface area contributed by atoms with Gasteiger partial charge in [-0.15, -0.1) is 0 Å². The topological polar surface area (TPSA) is 95.6 Å². The molecule has 33 heavy (non-hydrogen) atoms. The summed E-state index contributed by atoms with van der Waals surface area (Å²) >= 11 is 0. The maximum atomic E-state index is 12.6. The van der Waals surface area contributed by atoms with Crippen LogP contribution in [0.2, 0.25) is 0 Å². The van der Waals surface area contributed by atoms with E-state index in [9.17, 15) is 14.7 Å². The molecule has 1 unspecified atom stereocenters. The summed E-state index contributed by atoms with van der Waals surface area (Å²) in [6.45, 7) is 7.46. The van der Waals surface area contributed by atoms with Gasteiger partial charge in [0.05, 0.1) is 12.3 Å². The van der Waals surface area contributed by atoms with Crippen molar-refractivity contribution >= 4 is 5.97 Å². The predicted molar refractivity (Wildman–Crippen MR) is 124 cm³/mol. The Morgan fingerprint density at radius 2 is 2.03 bits per heavy atom. The summed E-state index contributed by atoms with van der Waals surface area (Å²) in [5, 5.41) is 13.9. The number of methoxy groups -OCH3 is 1. The molecule has 8 nitrogen and oxygen atoms in total. The normalized spacial score (nSPS) is 15.1. The first kappa shape index (κ1) is 22.8. The van der Waals surface area contributed by atoms with E-state index >= 15 is 0 Å². The first-order chi connectivity index (χ1) is 15.7. The molecule has 8 heteroatoms. The Morgan fingerprint density at radius 1 is 1.24 bits per heavy atom. The highest BCUT2D eigenvalue weighted by Crippen LogP contribution is 2.44. The number of carboxylic acids is 1. The molecule has 1 aliphatic rings. The van der Waals surface area contributed by atoms with Crippen LogP contribution >= 0.6 is 0 Å². The molecule has 1 aromatic carbocycles. The van der Waals surface area contributed by atoms with Crippen molar-refractivity contribution in [1.29, 1.82) is 0 Å². The van der Waals surface area contributed by atoms with E-state index in [0.29, 0.717) is 31.1 Å². The second-order valence-electron chi connectivity index (χ2n) is 9.36.